The minimum Gasteiger partial charge on any atom is -0.497 e. The Morgan fingerprint density at radius 2 is 2.29 bits per heavy atom. The van der Waals surface area contributed by atoms with Crippen LogP contribution in [0.5, 0.6) is 5.75 Å². The Morgan fingerprint density at radius 3 is 2.88 bits per heavy atom. The molecule has 2 rings (SSSR count). The van der Waals surface area contributed by atoms with Crippen LogP contribution in [0.4, 0.5) is 0 Å². The predicted molar refractivity (Wildman–Crippen MR) is 63.4 cm³/mol. The van der Waals surface area contributed by atoms with E-state index in [-0.39, 0.29) is 11.8 Å². The van der Waals surface area contributed by atoms with Crippen molar-refractivity contribution in [2.45, 2.75) is 6.42 Å². The fourth-order valence-corrected chi connectivity index (χ4v) is 1.55. The van der Waals surface area contributed by atoms with Crippen LogP contribution in [-0.4, -0.2) is 30.4 Å². The molecule has 88 valence electrons. The molecule has 0 radical (unpaired) electrons. The minimum atomic E-state index is -0.260. The third-order valence-corrected chi connectivity index (χ3v) is 2.63. The number of hydrogen-bond donors (Lipinski definition) is 0. The second-order valence-electron chi connectivity index (χ2n) is 3.74. The summed E-state index contributed by atoms with van der Waals surface area (Å²) in [4.78, 5) is 23.8. The zero-order valence-corrected chi connectivity index (χ0v) is 9.55. The molecule has 1 fully saturated rings. The van der Waals surface area contributed by atoms with Crippen molar-refractivity contribution in [3.05, 3.63) is 35.9 Å². The first kappa shape index (κ1) is 11.4. The number of ether oxygens (including phenoxy) is 1. The van der Waals surface area contributed by atoms with Crippen LogP contribution < -0.4 is 4.74 Å². The standard InChI is InChI=1S/C13H13NO3/c1-17-11-4-2-3-10(9-11)5-6-12(15)14-8-7-13(14)16/h2-6,9H,7-8H2,1H3/b6-5+. The monoisotopic (exact) mass is 231 g/mol. The Kier molecular flexibility index (Phi) is 3.23. The first-order chi connectivity index (χ1) is 8.20. The zero-order valence-electron chi connectivity index (χ0n) is 9.55. The molecule has 0 saturated carbocycles. The van der Waals surface area contributed by atoms with Crippen LogP contribution in [0, 0.1) is 0 Å². The van der Waals surface area contributed by atoms with Crippen molar-refractivity contribution >= 4 is 17.9 Å². The van der Waals surface area contributed by atoms with Crippen LogP contribution in [0.3, 0.4) is 0 Å². The maximum atomic E-state index is 11.6. The highest BCUT2D eigenvalue weighted by atomic mass is 16.5. The molecule has 17 heavy (non-hydrogen) atoms. The molecule has 1 saturated heterocycles. The van der Waals surface area contributed by atoms with Gasteiger partial charge in [0.1, 0.15) is 5.75 Å². The summed E-state index contributed by atoms with van der Waals surface area (Å²) in [6.07, 6.45) is 3.56. The van der Waals surface area contributed by atoms with Gasteiger partial charge in [-0.25, -0.2) is 0 Å². The molecule has 1 aromatic rings. The Morgan fingerprint density at radius 1 is 1.47 bits per heavy atom. The Hall–Kier alpha value is -2.10. The van der Waals surface area contributed by atoms with Gasteiger partial charge in [0, 0.05) is 19.0 Å². The third-order valence-electron chi connectivity index (χ3n) is 2.63. The Labute approximate surface area is 99.5 Å². The van der Waals surface area contributed by atoms with Crippen molar-refractivity contribution in [2.24, 2.45) is 0 Å². The van der Waals surface area contributed by atoms with Crippen LogP contribution in [0.2, 0.25) is 0 Å². The number of carbonyl (C=O) groups excluding carboxylic acids is 2. The fraction of sp³-hybridized carbons (Fsp3) is 0.231. The molecule has 0 bridgehead atoms. The number of carbonyl (C=O) groups is 2. The van der Waals surface area contributed by atoms with Crippen LogP contribution in [0.25, 0.3) is 6.08 Å². The van der Waals surface area contributed by atoms with Gasteiger partial charge in [-0.05, 0) is 23.8 Å². The maximum absolute atomic E-state index is 11.6. The number of hydrogen-bond acceptors (Lipinski definition) is 3. The lowest BCUT2D eigenvalue weighted by molar-refractivity contribution is -0.149. The van der Waals surface area contributed by atoms with Gasteiger partial charge < -0.3 is 4.74 Å². The van der Waals surface area contributed by atoms with E-state index < -0.39 is 0 Å². The van der Waals surface area contributed by atoms with Crippen LogP contribution >= 0.6 is 0 Å². The third kappa shape index (κ3) is 2.53. The van der Waals surface area contributed by atoms with Crippen molar-refractivity contribution in [2.75, 3.05) is 13.7 Å². The Balaban J connectivity index is 2.04. The van der Waals surface area contributed by atoms with E-state index in [1.54, 1.807) is 13.2 Å². The van der Waals surface area contributed by atoms with E-state index in [1.807, 2.05) is 24.3 Å². The van der Waals surface area contributed by atoms with E-state index >= 15 is 0 Å². The van der Waals surface area contributed by atoms with E-state index in [2.05, 4.69) is 0 Å². The molecule has 0 aromatic heterocycles. The first-order valence-electron chi connectivity index (χ1n) is 5.37. The molecular formula is C13H13NO3. The molecule has 0 aliphatic carbocycles. The summed E-state index contributed by atoms with van der Waals surface area (Å²) >= 11 is 0. The van der Waals surface area contributed by atoms with Crippen molar-refractivity contribution in [3.8, 4) is 5.75 Å². The largest absolute Gasteiger partial charge is 0.497 e. The first-order valence-corrected chi connectivity index (χ1v) is 5.37. The van der Waals surface area contributed by atoms with E-state index in [0.29, 0.717) is 13.0 Å². The highest BCUT2D eigenvalue weighted by Gasteiger charge is 2.27. The van der Waals surface area contributed by atoms with Gasteiger partial charge >= 0.3 is 0 Å². The van der Waals surface area contributed by atoms with Crippen molar-refractivity contribution < 1.29 is 14.3 Å². The quantitative estimate of drug-likeness (QED) is 0.584. The summed E-state index contributed by atoms with van der Waals surface area (Å²) in [5, 5.41) is 0. The van der Waals surface area contributed by atoms with Gasteiger partial charge in [-0.15, -0.1) is 0 Å². The molecule has 1 aliphatic rings. The lowest BCUT2D eigenvalue weighted by atomic mass is 10.1. The normalized spacial score (nSPS) is 14.9. The zero-order chi connectivity index (χ0) is 12.3. The lowest BCUT2D eigenvalue weighted by Crippen LogP contribution is -2.46. The van der Waals surface area contributed by atoms with E-state index in [1.165, 1.54) is 11.0 Å². The fourth-order valence-electron chi connectivity index (χ4n) is 1.55. The summed E-state index contributed by atoms with van der Waals surface area (Å²) < 4.78 is 5.08. The molecule has 4 nitrogen and oxygen atoms in total. The molecule has 1 heterocycles. The molecule has 0 unspecified atom stereocenters. The molecule has 0 spiro atoms. The summed E-state index contributed by atoms with van der Waals surface area (Å²) in [5.41, 5.74) is 0.866. The van der Waals surface area contributed by atoms with E-state index in [4.69, 9.17) is 4.74 Å². The van der Waals surface area contributed by atoms with Gasteiger partial charge in [0.25, 0.3) is 5.91 Å². The molecule has 0 atom stereocenters. The number of rotatable bonds is 3. The van der Waals surface area contributed by atoms with Crippen molar-refractivity contribution in [1.29, 1.82) is 0 Å². The van der Waals surface area contributed by atoms with E-state index in [0.717, 1.165) is 11.3 Å². The SMILES string of the molecule is COc1cccc(/C=C/C(=O)N2CCC2=O)c1. The highest BCUT2D eigenvalue weighted by Crippen LogP contribution is 2.14. The van der Waals surface area contributed by atoms with Crippen LogP contribution in [0.1, 0.15) is 12.0 Å². The van der Waals surface area contributed by atoms with Gasteiger partial charge in [-0.3, -0.25) is 14.5 Å². The maximum Gasteiger partial charge on any atom is 0.253 e. The summed E-state index contributed by atoms with van der Waals surface area (Å²) in [7, 11) is 1.59. The Bertz CT molecular complexity index is 479. The molecular weight excluding hydrogens is 218 g/mol. The number of amides is 2. The minimum absolute atomic E-state index is 0.106. The van der Waals surface area contributed by atoms with Gasteiger partial charge in [-0.1, -0.05) is 12.1 Å². The predicted octanol–water partition coefficient (Wildman–Crippen LogP) is 1.47. The molecule has 1 aromatic carbocycles. The molecule has 2 amide bonds. The highest BCUT2D eigenvalue weighted by molar-refractivity contribution is 6.05. The lowest BCUT2D eigenvalue weighted by Gasteiger charge is -2.27. The number of likely N-dealkylation sites (tertiary alicyclic amines) is 1. The van der Waals surface area contributed by atoms with Gasteiger partial charge in [-0.2, -0.15) is 0 Å². The van der Waals surface area contributed by atoms with Crippen molar-refractivity contribution in [3.63, 3.8) is 0 Å². The number of β-lactam (4-membered cyclic amide) rings is 1. The topological polar surface area (TPSA) is 46.6 Å². The van der Waals surface area contributed by atoms with Gasteiger partial charge in [0.2, 0.25) is 5.91 Å². The number of nitrogens with zero attached hydrogens (tertiary/aromatic N) is 1. The summed E-state index contributed by atoms with van der Waals surface area (Å²) in [6, 6.07) is 7.36. The second-order valence-corrected chi connectivity index (χ2v) is 3.74. The van der Waals surface area contributed by atoms with Gasteiger partial charge in [0.05, 0.1) is 7.11 Å². The second kappa shape index (κ2) is 4.82. The van der Waals surface area contributed by atoms with Crippen LogP contribution in [-0.2, 0) is 9.59 Å². The average molecular weight is 231 g/mol. The molecule has 4 heteroatoms. The number of benzene rings is 1. The molecule has 1 aliphatic heterocycles. The van der Waals surface area contributed by atoms with Gasteiger partial charge in [0.15, 0.2) is 0 Å². The summed E-state index contributed by atoms with van der Waals surface area (Å²) in [6.45, 7) is 0.528. The average Bonchev–Trinajstić information content (AvgIpc) is 2.34. The number of methoxy groups -OCH3 is 1. The smallest absolute Gasteiger partial charge is 0.253 e. The number of imide groups is 1. The van der Waals surface area contributed by atoms with Crippen molar-refractivity contribution in [1.82, 2.24) is 4.90 Å². The molecule has 0 N–H and O–H groups in total. The van der Waals surface area contributed by atoms with E-state index in [9.17, 15) is 9.59 Å². The summed E-state index contributed by atoms with van der Waals surface area (Å²) in [5.74, 6) is 0.369. The van der Waals surface area contributed by atoms with Crippen LogP contribution in [0.15, 0.2) is 30.3 Å².